The number of ether oxygens (including phenoxy) is 1. The fraction of sp³-hybridized carbons (Fsp3) is 0.133. The topological polar surface area (TPSA) is 26.5 Å². The lowest BCUT2D eigenvalue weighted by Crippen LogP contribution is -3.00. The Bertz CT molecular complexity index is 628. The predicted molar refractivity (Wildman–Crippen MR) is 71.8 cm³/mol. The Kier molecular flexibility index (Phi) is 4.42. The number of pyridine rings is 1. The summed E-state index contributed by atoms with van der Waals surface area (Å²) < 4.78 is 7.45. The van der Waals surface area contributed by atoms with Crippen molar-refractivity contribution in [3.8, 4) is 17.0 Å². The minimum Gasteiger partial charge on any atom is -1.00 e. The Hall–Kier alpha value is -1.56. The SMILES string of the molecule is CCOc1ccc(-c2cn3ccccc3n2)cc1.[I-]. The average Bonchev–Trinajstić information content (AvgIpc) is 2.84. The standard InChI is InChI=1S/C15H14N2O.HI/c1-2-18-13-8-6-12(7-9-13)14-11-17-10-4-3-5-15(17)16-14;/h3-11H,2H2,1H3;1H/p-1. The molecule has 0 spiro atoms. The predicted octanol–water partition coefficient (Wildman–Crippen LogP) is 0.404. The molecule has 0 atom stereocenters. The maximum absolute atomic E-state index is 5.43. The Morgan fingerprint density at radius 3 is 2.58 bits per heavy atom. The zero-order chi connectivity index (χ0) is 12.4. The van der Waals surface area contributed by atoms with Crippen LogP contribution >= 0.6 is 0 Å². The molecule has 0 saturated carbocycles. The van der Waals surface area contributed by atoms with Gasteiger partial charge in [-0.2, -0.15) is 0 Å². The molecular weight excluding hydrogens is 351 g/mol. The average molecular weight is 365 g/mol. The number of benzene rings is 1. The van der Waals surface area contributed by atoms with Gasteiger partial charge in [0.1, 0.15) is 11.4 Å². The lowest BCUT2D eigenvalue weighted by Gasteiger charge is -2.02. The van der Waals surface area contributed by atoms with Gasteiger partial charge in [0.05, 0.1) is 12.3 Å². The van der Waals surface area contributed by atoms with Crippen molar-refractivity contribution in [2.24, 2.45) is 0 Å². The minimum absolute atomic E-state index is 0. The van der Waals surface area contributed by atoms with Gasteiger partial charge in [-0.3, -0.25) is 0 Å². The molecule has 4 heteroatoms. The number of nitrogens with zero attached hydrogens (tertiary/aromatic N) is 2. The summed E-state index contributed by atoms with van der Waals surface area (Å²) in [7, 11) is 0. The second kappa shape index (κ2) is 6.06. The normalized spacial score (nSPS) is 10.2. The largest absolute Gasteiger partial charge is 1.00 e. The Labute approximate surface area is 129 Å². The molecule has 1 aromatic carbocycles. The number of aromatic nitrogens is 2. The van der Waals surface area contributed by atoms with Crippen LogP contribution in [0.3, 0.4) is 0 Å². The molecule has 0 aliphatic rings. The maximum Gasteiger partial charge on any atom is 0.137 e. The van der Waals surface area contributed by atoms with E-state index in [0.29, 0.717) is 6.61 Å². The molecule has 2 heterocycles. The third kappa shape index (κ3) is 2.89. The fourth-order valence-electron chi connectivity index (χ4n) is 1.96. The van der Waals surface area contributed by atoms with E-state index in [2.05, 4.69) is 4.98 Å². The highest BCUT2D eigenvalue weighted by atomic mass is 127. The fourth-order valence-corrected chi connectivity index (χ4v) is 1.96. The first-order valence-corrected chi connectivity index (χ1v) is 6.04. The molecule has 2 aromatic heterocycles. The lowest BCUT2D eigenvalue weighted by molar-refractivity contribution is -0.00000425. The number of fused-ring (bicyclic) bond motifs is 1. The minimum atomic E-state index is 0. The van der Waals surface area contributed by atoms with Crippen LogP contribution < -0.4 is 28.7 Å². The first-order valence-electron chi connectivity index (χ1n) is 6.04. The summed E-state index contributed by atoms with van der Waals surface area (Å²) in [4.78, 5) is 4.58. The van der Waals surface area contributed by atoms with E-state index in [9.17, 15) is 0 Å². The van der Waals surface area contributed by atoms with E-state index < -0.39 is 0 Å². The number of halogens is 1. The number of imidazole rings is 1. The number of rotatable bonds is 3. The van der Waals surface area contributed by atoms with Crippen LogP contribution in [0.5, 0.6) is 5.75 Å². The van der Waals surface area contributed by atoms with Gasteiger partial charge in [0.15, 0.2) is 0 Å². The molecule has 0 amide bonds. The molecule has 3 nitrogen and oxygen atoms in total. The summed E-state index contributed by atoms with van der Waals surface area (Å²) in [6.45, 7) is 2.67. The molecule has 19 heavy (non-hydrogen) atoms. The first-order chi connectivity index (χ1) is 8.86. The van der Waals surface area contributed by atoms with Crippen LogP contribution in [0, 0.1) is 0 Å². The van der Waals surface area contributed by atoms with Gasteiger partial charge in [0, 0.05) is 18.0 Å². The zero-order valence-corrected chi connectivity index (χ0v) is 12.7. The molecule has 0 fully saturated rings. The molecule has 0 unspecified atom stereocenters. The number of hydrogen-bond acceptors (Lipinski definition) is 2. The van der Waals surface area contributed by atoms with Gasteiger partial charge in [0.2, 0.25) is 0 Å². The van der Waals surface area contributed by atoms with Crippen molar-refractivity contribution in [3.05, 3.63) is 54.9 Å². The highest BCUT2D eigenvalue weighted by Gasteiger charge is 2.03. The van der Waals surface area contributed by atoms with Crippen LogP contribution in [0.2, 0.25) is 0 Å². The third-order valence-corrected chi connectivity index (χ3v) is 2.83. The molecular formula is C15H14IN2O-. The van der Waals surface area contributed by atoms with Crippen molar-refractivity contribution in [1.29, 1.82) is 0 Å². The maximum atomic E-state index is 5.43. The molecule has 0 aliphatic heterocycles. The smallest absolute Gasteiger partial charge is 0.137 e. The number of hydrogen-bond donors (Lipinski definition) is 0. The lowest BCUT2D eigenvalue weighted by atomic mass is 10.2. The van der Waals surface area contributed by atoms with Crippen molar-refractivity contribution in [1.82, 2.24) is 9.38 Å². The second-order valence-electron chi connectivity index (χ2n) is 4.05. The van der Waals surface area contributed by atoms with E-state index in [1.807, 2.05) is 66.2 Å². The summed E-state index contributed by atoms with van der Waals surface area (Å²) in [5.74, 6) is 0.894. The summed E-state index contributed by atoms with van der Waals surface area (Å²) in [6, 6.07) is 14.0. The van der Waals surface area contributed by atoms with Gasteiger partial charge in [-0.25, -0.2) is 4.98 Å². The quantitative estimate of drug-likeness (QED) is 0.629. The van der Waals surface area contributed by atoms with Crippen molar-refractivity contribution in [2.75, 3.05) is 6.61 Å². The van der Waals surface area contributed by atoms with E-state index >= 15 is 0 Å². The van der Waals surface area contributed by atoms with Crippen LogP contribution in [-0.2, 0) is 0 Å². The van der Waals surface area contributed by atoms with E-state index in [-0.39, 0.29) is 24.0 Å². The molecule has 0 radical (unpaired) electrons. The summed E-state index contributed by atoms with van der Waals surface area (Å²) in [6.07, 6.45) is 4.03. The molecule has 3 rings (SSSR count). The Morgan fingerprint density at radius 1 is 1.11 bits per heavy atom. The van der Waals surface area contributed by atoms with Crippen LogP contribution in [-0.4, -0.2) is 16.0 Å². The molecule has 0 N–H and O–H groups in total. The summed E-state index contributed by atoms with van der Waals surface area (Å²) in [5, 5.41) is 0. The van der Waals surface area contributed by atoms with Crippen LogP contribution in [0.25, 0.3) is 16.9 Å². The zero-order valence-electron chi connectivity index (χ0n) is 10.6. The first kappa shape index (κ1) is 13.9. The van der Waals surface area contributed by atoms with Gasteiger partial charge >= 0.3 is 0 Å². The molecule has 98 valence electrons. The monoisotopic (exact) mass is 365 g/mol. The highest BCUT2D eigenvalue weighted by Crippen LogP contribution is 2.22. The second-order valence-corrected chi connectivity index (χ2v) is 4.05. The van der Waals surface area contributed by atoms with Gasteiger partial charge in [0.25, 0.3) is 0 Å². The van der Waals surface area contributed by atoms with Crippen LogP contribution in [0.15, 0.2) is 54.9 Å². The van der Waals surface area contributed by atoms with Gasteiger partial charge in [-0.05, 0) is 43.3 Å². The molecule has 0 aliphatic carbocycles. The molecule has 0 saturated heterocycles. The van der Waals surface area contributed by atoms with Gasteiger partial charge in [-0.1, -0.05) is 6.07 Å². The third-order valence-electron chi connectivity index (χ3n) is 2.83. The van der Waals surface area contributed by atoms with E-state index in [1.165, 1.54) is 0 Å². The van der Waals surface area contributed by atoms with Gasteiger partial charge in [-0.15, -0.1) is 0 Å². The van der Waals surface area contributed by atoms with E-state index in [0.717, 1.165) is 22.7 Å². The van der Waals surface area contributed by atoms with Crippen LogP contribution in [0.1, 0.15) is 6.92 Å². The van der Waals surface area contributed by atoms with Crippen molar-refractivity contribution >= 4 is 5.65 Å². The summed E-state index contributed by atoms with van der Waals surface area (Å²) >= 11 is 0. The Balaban J connectivity index is 0.00000133. The summed E-state index contributed by atoms with van der Waals surface area (Å²) in [5.41, 5.74) is 3.03. The molecule has 3 aromatic rings. The van der Waals surface area contributed by atoms with Gasteiger partial charge < -0.3 is 33.1 Å². The van der Waals surface area contributed by atoms with Crippen molar-refractivity contribution in [3.63, 3.8) is 0 Å². The van der Waals surface area contributed by atoms with E-state index in [1.54, 1.807) is 0 Å². The van der Waals surface area contributed by atoms with Crippen molar-refractivity contribution < 1.29 is 28.7 Å². The van der Waals surface area contributed by atoms with E-state index in [4.69, 9.17) is 4.74 Å². The van der Waals surface area contributed by atoms with Crippen LogP contribution in [0.4, 0.5) is 0 Å². The van der Waals surface area contributed by atoms with Crippen molar-refractivity contribution in [2.45, 2.75) is 6.92 Å². The highest BCUT2D eigenvalue weighted by molar-refractivity contribution is 5.63. The Morgan fingerprint density at radius 2 is 1.89 bits per heavy atom. The molecule has 0 bridgehead atoms.